The Hall–Kier alpha value is -2.43. The predicted molar refractivity (Wildman–Crippen MR) is 120 cm³/mol. The van der Waals surface area contributed by atoms with Crippen molar-refractivity contribution >= 4 is 55.5 Å². The number of fused-ring (bicyclic) bond motifs is 1. The molecule has 0 saturated heterocycles. The lowest BCUT2D eigenvalue weighted by Gasteiger charge is -2.08. The minimum Gasteiger partial charge on any atom is -0.497 e. The number of aromatic nitrogens is 4. The summed E-state index contributed by atoms with van der Waals surface area (Å²) >= 11 is 4.53. The average Bonchev–Trinajstić information content (AvgIpc) is 3.26. The summed E-state index contributed by atoms with van der Waals surface area (Å²) in [6, 6.07) is 7.61. The maximum absolute atomic E-state index is 12.5. The largest absolute Gasteiger partial charge is 0.497 e. The molecular weight excluding hydrogens is 426 g/mol. The van der Waals surface area contributed by atoms with E-state index < -0.39 is 0 Å². The highest BCUT2D eigenvalue weighted by Gasteiger charge is 2.18. The van der Waals surface area contributed by atoms with Crippen molar-refractivity contribution in [1.29, 1.82) is 0 Å². The third-order valence-electron chi connectivity index (χ3n) is 4.47. The maximum atomic E-state index is 12.5. The van der Waals surface area contributed by atoms with Crippen molar-refractivity contribution in [1.82, 2.24) is 20.2 Å². The Morgan fingerprint density at radius 2 is 1.93 bits per heavy atom. The van der Waals surface area contributed by atoms with Gasteiger partial charge in [0.1, 0.15) is 16.4 Å². The van der Waals surface area contributed by atoms with Gasteiger partial charge in [-0.2, -0.15) is 0 Å². The highest BCUT2D eigenvalue weighted by molar-refractivity contribution is 8.01. The SMILES string of the molecule is COc1ccc(Nc2nnc(SC(C)c3nc4sc(C)c(C)c4c(=O)[nH]3)s2)cc1. The van der Waals surface area contributed by atoms with Gasteiger partial charge in [-0.05, 0) is 50.6 Å². The van der Waals surface area contributed by atoms with Gasteiger partial charge in [0.15, 0.2) is 4.34 Å². The molecule has 0 aliphatic rings. The average molecular weight is 446 g/mol. The maximum Gasteiger partial charge on any atom is 0.259 e. The van der Waals surface area contributed by atoms with Crippen LogP contribution in [-0.2, 0) is 0 Å². The van der Waals surface area contributed by atoms with Crippen LogP contribution in [0.1, 0.15) is 28.4 Å². The molecule has 150 valence electrons. The van der Waals surface area contributed by atoms with Gasteiger partial charge >= 0.3 is 0 Å². The summed E-state index contributed by atoms with van der Waals surface area (Å²) in [4.78, 5) is 22.0. The molecule has 29 heavy (non-hydrogen) atoms. The molecule has 4 rings (SSSR count). The number of thiophene rings is 1. The van der Waals surface area contributed by atoms with Crippen molar-refractivity contribution in [2.75, 3.05) is 12.4 Å². The van der Waals surface area contributed by atoms with Gasteiger partial charge in [0.2, 0.25) is 5.13 Å². The summed E-state index contributed by atoms with van der Waals surface area (Å²) in [5.74, 6) is 1.45. The summed E-state index contributed by atoms with van der Waals surface area (Å²) in [6.45, 7) is 5.97. The Labute approximate surface area is 179 Å². The minimum atomic E-state index is -0.0848. The quantitative estimate of drug-likeness (QED) is 0.401. The fourth-order valence-electron chi connectivity index (χ4n) is 2.78. The van der Waals surface area contributed by atoms with Crippen molar-refractivity contribution in [3.05, 3.63) is 50.9 Å². The molecule has 0 bridgehead atoms. The molecule has 0 amide bonds. The molecular formula is C19H19N5O2S3. The molecule has 0 aliphatic heterocycles. The van der Waals surface area contributed by atoms with E-state index in [2.05, 4.69) is 25.5 Å². The van der Waals surface area contributed by atoms with Crippen LogP contribution < -0.4 is 15.6 Å². The molecule has 7 nitrogen and oxygen atoms in total. The van der Waals surface area contributed by atoms with Crippen LogP contribution in [0.15, 0.2) is 33.4 Å². The van der Waals surface area contributed by atoms with Crippen molar-refractivity contribution in [3.8, 4) is 5.75 Å². The summed E-state index contributed by atoms with van der Waals surface area (Å²) in [5, 5.41) is 13.0. The zero-order valence-electron chi connectivity index (χ0n) is 16.3. The van der Waals surface area contributed by atoms with E-state index in [9.17, 15) is 4.79 Å². The van der Waals surface area contributed by atoms with Crippen LogP contribution in [0.25, 0.3) is 10.2 Å². The Kier molecular flexibility index (Phi) is 5.57. The number of ether oxygens (including phenoxy) is 1. The Morgan fingerprint density at radius 1 is 1.17 bits per heavy atom. The van der Waals surface area contributed by atoms with Crippen molar-refractivity contribution in [3.63, 3.8) is 0 Å². The van der Waals surface area contributed by atoms with E-state index >= 15 is 0 Å². The predicted octanol–water partition coefficient (Wildman–Crippen LogP) is 5.06. The van der Waals surface area contributed by atoms with Crippen LogP contribution in [-0.4, -0.2) is 27.3 Å². The highest BCUT2D eigenvalue weighted by Crippen LogP contribution is 2.37. The van der Waals surface area contributed by atoms with E-state index in [1.165, 1.54) is 23.1 Å². The number of nitrogens with one attached hydrogen (secondary N) is 2. The molecule has 1 atom stereocenters. The number of methoxy groups -OCH3 is 1. The lowest BCUT2D eigenvalue weighted by atomic mass is 10.2. The van der Waals surface area contributed by atoms with Crippen LogP contribution in [0, 0.1) is 13.8 Å². The van der Waals surface area contributed by atoms with Gasteiger partial charge < -0.3 is 15.0 Å². The molecule has 0 fully saturated rings. The van der Waals surface area contributed by atoms with E-state index in [4.69, 9.17) is 4.74 Å². The number of rotatable bonds is 6. The molecule has 3 heterocycles. The number of hydrogen-bond acceptors (Lipinski definition) is 9. The van der Waals surface area contributed by atoms with Crippen LogP contribution in [0.4, 0.5) is 10.8 Å². The number of anilines is 2. The molecule has 1 aromatic carbocycles. The summed E-state index contributed by atoms with van der Waals surface area (Å²) in [6.07, 6.45) is 0. The van der Waals surface area contributed by atoms with Crippen LogP contribution in [0.2, 0.25) is 0 Å². The molecule has 10 heteroatoms. The molecule has 0 radical (unpaired) electrons. The number of thioether (sulfide) groups is 1. The van der Waals surface area contributed by atoms with Gasteiger partial charge in [0.05, 0.1) is 17.7 Å². The van der Waals surface area contributed by atoms with Gasteiger partial charge in [-0.3, -0.25) is 4.79 Å². The Bertz CT molecular complexity index is 1210. The standard InChI is InChI=1S/C19H19N5O2S3/c1-9-10(2)27-17-14(9)16(25)21-15(22-17)11(3)28-19-24-23-18(29-19)20-12-5-7-13(26-4)8-6-12/h5-8,11H,1-4H3,(H,20,23)(H,21,22,25). The normalized spacial score (nSPS) is 12.3. The third kappa shape index (κ3) is 4.14. The van der Waals surface area contributed by atoms with Gasteiger partial charge in [0.25, 0.3) is 5.56 Å². The summed E-state index contributed by atoms with van der Waals surface area (Å²) in [7, 11) is 1.64. The smallest absolute Gasteiger partial charge is 0.259 e. The van der Waals surface area contributed by atoms with E-state index in [1.54, 1.807) is 18.4 Å². The number of aryl methyl sites for hydroxylation is 2. The first-order chi connectivity index (χ1) is 13.9. The third-order valence-corrected chi connectivity index (χ3v) is 7.60. The fraction of sp³-hybridized carbons (Fsp3) is 0.263. The van der Waals surface area contributed by atoms with E-state index in [0.29, 0.717) is 16.3 Å². The van der Waals surface area contributed by atoms with E-state index in [0.717, 1.165) is 31.0 Å². The number of nitrogens with zero attached hydrogens (tertiary/aromatic N) is 3. The van der Waals surface area contributed by atoms with Crippen molar-refractivity contribution in [2.45, 2.75) is 30.4 Å². The second-order valence-corrected chi connectivity index (χ2v) is 10.2. The van der Waals surface area contributed by atoms with E-state index in [1.807, 2.05) is 45.0 Å². The lowest BCUT2D eigenvalue weighted by Crippen LogP contribution is -2.12. The van der Waals surface area contributed by atoms with Gasteiger partial charge in [0, 0.05) is 10.6 Å². The number of hydrogen-bond donors (Lipinski definition) is 2. The molecule has 0 spiro atoms. The minimum absolute atomic E-state index is 0.0587. The highest BCUT2D eigenvalue weighted by atomic mass is 32.2. The zero-order chi connectivity index (χ0) is 20.5. The molecule has 1 unspecified atom stereocenters. The first kappa shape index (κ1) is 19.9. The van der Waals surface area contributed by atoms with Crippen molar-refractivity contribution < 1.29 is 4.74 Å². The Balaban J connectivity index is 1.49. The van der Waals surface area contributed by atoms with Crippen LogP contribution in [0.3, 0.4) is 0 Å². The molecule has 0 saturated carbocycles. The second-order valence-electron chi connectivity index (χ2n) is 6.40. The van der Waals surface area contributed by atoms with Crippen molar-refractivity contribution in [2.24, 2.45) is 0 Å². The molecule has 3 aromatic heterocycles. The number of aromatic amines is 1. The summed E-state index contributed by atoms with van der Waals surface area (Å²) < 4.78 is 5.97. The number of benzene rings is 1. The Morgan fingerprint density at radius 3 is 2.66 bits per heavy atom. The molecule has 4 aromatic rings. The van der Waals surface area contributed by atoms with E-state index in [-0.39, 0.29) is 10.8 Å². The van der Waals surface area contributed by atoms with Gasteiger partial charge in [-0.1, -0.05) is 23.1 Å². The lowest BCUT2D eigenvalue weighted by molar-refractivity contribution is 0.415. The van der Waals surface area contributed by atoms with Crippen LogP contribution >= 0.6 is 34.4 Å². The topological polar surface area (TPSA) is 92.8 Å². The van der Waals surface area contributed by atoms with Crippen LogP contribution in [0.5, 0.6) is 5.75 Å². The number of H-pyrrole nitrogens is 1. The molecule has 0 aliphatic carbocycles. The van der Waals surface area contributed by atoms with Gasteiger partial charge in [-0.25, -0.2) is 4.98 Å². The summed E-state index contributed by atoms with van der Waals surface area (Å²) in [5.41, 5.74) is 1.83. The first-order valence-corrected chi connectivity index (χ1v) is 11.4. The fourth-order valence-corrected chi connectivity index (χ4v) is 5.79. The zero-order valence-corrected chi connectivity index (χ0v) is 18.7. The second kappa shape index (κ2) is 8.13. The molecule has 2 N–H and O–H groups in total. The van der Waals surface area contributed by atoms with Gasteiger partial charge in [-0.15, -0.1) is 21.5 Å². The monoisotopic (exact) mass is 445 g/mol. The first-order valence-electron chi connectivity index (χ1n) is 8.85.